The van der Waals surface area contributed by atoms with Gasteiger partial charge in [-0.3, -0.25) is 9.69 Å². The lowest BCUT2D eigenvalue weighted by Gasteiger charge is -2.31. The Labute approximate surface area is 193 Å². The van der Waals surface area contributed by atoms with Crippen molar-refractivity contribution in [2.45, 2.75) is 32.7 Å². The van der Waals surface area contributed by atoms with E-state index in [0.29, 0.717) is 17.3 Å². The van der Waals surface area contributed by atoms with Gasteiger partial charge in [0.2, 0.25) is 0 Å². The zero-order chi connectivity index (χ0) is 21.9. The molecule has 4 heterocycles. The van der Waals surface area contributed by atoms with Gasteiger partial charge in [-0.25, -0.2) is 9.97 Å². The van der Waals surface area contributed by atoms with Gasteiger partial charge in [-0.1, -0.05) is 18.2 Å². The average molecular weight is 448 g/mol. The number of benzene rings is 1. The number of hydrogen-bond acceptors (Lipinski definition) is 6. The van der Waals surface area contributed by atoms with Crippen LogP contribution in [-0.2, 0) is 13.0 Å². The van der Waals surface area contributed by atoms with E-state index >= 15 is 0 Å². The van der Waals surface area contributed by atoms with Gasteiger partial charge < -0.3 is 10.2 Å². The number of rotatable bonds is 6. The molecule has 32 heavy (non-hydrogen) atoms. The second kappa shape index (κ2) is 9.38. The lowest BCUT2D eigenvalue weighted by Crippen LogP contribution is -2.36. The number of amides is 1. The highest BCUT2D eigenvalue weighted by Crippen LogP contribution is 2.30. The van der Waals surface area contributed by atoms with E-state index < -0.39 is 0 Å². The van der Waals surface area contributed by atoms with Crippen LogP contribution in [0.5, 0.6) is 0 Å². The van der Waals surface area contributed by atoms with Gasteiger partial charge in [-0.2, -0.15) is 0 Å². The first-order chi connectivity index (χ1) is 15.7. The summed E-state index contributed by atoms with van der Waals surface area (Å²) >= 11 is 1.72. The number of piperidine rings is 1. The summed E-state index contributed by atoms with van der Waals surface area (Å²) in [5, 5.41) is 6.80. The highest BCUT2D eigenvalue weighted by Gasteiger charge is 2.27. The topological polar surface area (TPSA) is 61.4 Å². The predicted octanol–water partition coefficient (Wildman–Crippen LogP) is 4.37. The number of aromatic nitrogens is 2. The lowest BCUT2D eigenvalue weighted by molar-refractivity contribution is 0.0990. The predicted molar refractivity (Wildman–Crippen MR) is 129 cm³/mol. The monoisotopic (exact) mass is 447 g/mol. The number of likely N-dealkylation sites (tertiary alicyclic amines) is 1. The lowest BCUT2D eigenvalue weighted by atomic mass is 9.96. The number of carbonyl (C=O) groups excluding carboxylic acids is 1. The standard InChI is InChI=1S/C25H29N5OS/c1-18-28-21(17-32-18)16-29-12-8-19(9-13-29)15-27-24-22(6-4-11-26-24)25(31)30-14-10-20-5-2-3-7-23(20)30/h2-7,11,17,19H,8-10,12-16H2,1H3,(H,26,27). The maximum Gasteiger partial charge on any atom is 0.262 e. The van der Waals surface area contributed by atoms with Crippen molar-refractivity contribution in [3.8, 4) is 0 Å². The molecular weight excluding hydrogens is 418 g/mol. The quantitative estimate of drug-likeness (QED) is 0.608. The summed E-state index contributed by atoms with van der Waals surface area (Å²) < 4.78 is 0. The fraction of sp³-hybridized carbons (Fsp3) is 0.400. The van der Waals surface area contributed by atoms with Gasteiger partial charge in [0.1, 0.15) is 5.82 Å². The van der Waals surface area contributed by atoms with E-state index in [1.807, 2.05) is 35.2 Å². The zero-order valence-electron chi connectivity index (χ0n) is 18.5. The van der Waals surface area contributed by atoms with E-state index in [4.69, 9.17) is 0 Å². The summed E-state index contributed by atoms with van der Waals surface area (Å²) in [5.41, 5.74) is 4.10. The number of anilines is 2. The molecular formula is C25H29N5OS. The van der Waals surface area contributed by atoms with E-state index in [9.17, 15) is 4.79 Å². The molecule has 1 saturated heterocycles. The summed E-state index contributed by atoms with van der Waals surface area (Å²) in [6.07, 6.45) is 4.96. The largest absolute Gasteiger partial charge is 0.369 e. The normalized spacial score (nSPS) is 16.8. The van der Waals surface area contributed by atoms with Crippen molar-refractivity contribution in [1.29, 1.82) is 0 Å². The van der Waals surface area contributed by atoms with Crippen molar-refractivity contribution in [2.24, 2.45) is 5.92 Å². The Kier molecular flexibility index (Phi) is 6.19. The van der Waals surface area contributed by atoms with Gasteiger partial charge in [-0.15, -0.1) is 11.3 Å². The SMILES string of the molecule is Cc1nc(CN2CCC(CNc3ncccc3C(=O)N3CCc4ccccc43)CC2)cs1. The molecule has 0 aliphatic carbocycles. The van der Waals surface area contributed by atoms with E-state index in [1.54, 1.807) is 17.5 Å². The summed E-state index contributed by atoms with van der Waals surface area (Å²) in [6, 6.07) is 11.9. The number of para-hydroxylation sites is 1. The number of carbonyl (C=O) groups is 1. The number of hydrogen-bond donors (Lipinski definition) is 1. The number of aryl methyl sites for hydroxylation is 1. The van der Waals surface area contributed by atoms with Gasteiger partial charge in [-0.05, 0) is 69.0 Å². The van der Waals surface area contributed by atoms with Gasteiger partial charge in [0, 0.05) is 36.9 Å². The molecule has 0 saturated carbocycles. The van der Waals surface area contributed by atoms with Gasteiger partial charge in [0.15, 0.2) is 0 Å². The summed E-state index contributed by atoms with van der Waals surface area (Å²) in [6.45, 7) is 6.75. The fourth-order valence-electron chi connectivity index (χ4n) is 4.71. The Balaban J connectivity index is 1.18. The molecule has 0 spiro atoms. The summed E-state index contributed by atoms with van der Waals surface area (Å²) in [7, 11) is 0. The Hall–Kier alpha value is -2.77. The molecule has 166 valence electrons. The molecule has 1 fully saturated rings. The molecule has 2 aromatic heterocycles. The van der Waals surface area contributed by atoms with Crippen molar-refractivity contribution in [2.75, 3.05) is 36.4 Å². The van der Waals surface area contributed by atoms with Crippen LogP contribution in [0.25, 0.3) is 0 Å². The van der Waals surface area contributed by atoms with E-state index in [1.165, 1.54) is 11.3 Å². The van der Waals surface area contributed by atoms with Crippen molar-refractivity contribution >= 4 is 28.7 Å². The maximum absolute atomic E-state index is 13.3. The molecule has 1 amide bonds. The molecule has 0 radical (unpaired) electrons. The molecule has 1 aromatic carbocycles. The van der Waals surface area contributed by atoms with Crippen molar-refractivity contribution in [3.63, 3.8) is 0 Å². The number of nitrogens with one attached hydrogen (secondary N) is 1. The van der Waals surface area contributed by atoms with E-state index in [-0.39, 0.29) is 5.91 Å². The maximum atomic E-state index is 13.3. The van der Waals surface area contributed by atoms with Crippen LogP contribution in [0.4, 0.5) is 11.5 Å². The highest BCUT2D eigenvalue weighted by molar-refractivity contribution is 7.09. The number of thiazole rings is 1. The second-order valence-corrected chi connectivity index (χ2v) is 9.76. The van der Waals surface area contributed by atoms with E-state index in [2.05, 4.69) is 38.6 Å². The van der Waals surface area contributed by atoms with Gasteiger partial charge in [0.25, 0.3) is 5.91 Å². The number of fused-ring (bicyclic) bond motifs is 1. The van der Waals surface area contributed by atoms with Crippen LogP contribution in [-0.4, -0.2) is 47.0 Å². The molecule has 2 aliphatic heterocycles. The van der Waals surface area contributed by atoms with Crippen LogP contribution in [0, 0.1) is 12.8 Å². The number of nitrogens with zero attached hydrogens (tertiary/aromatic N) is 4. The van der Waals surface area contributed by atoms with Gasteiger partial charge >= 0.3 is 0 Å². The first-order valence-electron chi connectivity index (χ1n) is 11.4. The summed E-state index contributed by atoms with van der Waals surface area (Å²) in [5.74, 6) is 1.31. The molecule has 1 N–H and O–H groups in total. The molecule has 0 bridgehead atoms. The molecule has 2 aliphatic rings. The third-order valence-corrected chi connectivity index (χ3v) is 7.31. The van der Waals surface area contributed by atoms with E-state index in [0.717, 1.165) is 62.7 Å². The average Bonchev–Trinajstić information content (AvgIpc) is 3.44. The fourth-order valence-corrected chi connectivity index (χ4v) is 5.32. The summed E-state index contributed by atoms with van der Waals surface area (Å²) in [4.78, 5) is 26.8. The first kappa shape index (κ1) is 21.1. The Bertz CT molecular complexity index is 1090. The minimum Gasteiger partial charge on any atom is -0.369 e. The molecule has 7 heteroatoms. The third kappa shape index (κ3) is 4.54. The minimum atomic E-state index is 0.0268. The zero-order valence-corrected chi connectivity index (χ0v) is 19.3. The van der Waals surface area contributed by atoms with Crippen LogP contribution in [0.15, 0.2) is 48.0 Å². The molecule has 0 unspecified atom stereocenters. The molecule has 0 atom stereocenters. The van der Waals surface area contributed by atoms with Crippen LogP contribution >= 0.6 is 11.3 Å². The second-order valence-electron chi connectivity index (χ2n) is 8.69. The molecule has 5 rings (SSSR count). The Morgan fingerprint density at radius 1 is 1.16 bits per heavy atom. The van der Waals surface area contributed by atoms with Crippen LogP contribution in [0.2, 0.25) is 0 Å². The third-order valence-electron chi connectivity index (χ3n) is 6.49. The van der Waals surface area contributed by atoms with Crippen molar-refractivity contribution in [3.05, 3.63) is 69.8 Å². The Morgan fingerprint density at radius 3 is 2.81 bits per heavy atom. The molecule has 3 aromatic rings. The van der Waals surface area contributed by atoms with Crippen molar-refractivity contribution < 1.29 is 4.79 Å². The minimum absolute atomic E-state index is 0.0268. The van der Waals surface area contributed by atoms with Crippen LogP contribution < -0.4 is 10.2 Å². The first-order valence-corrected chi connectivity index (χ1v) is 12.3. The number of pyridine rings is 1. The van der Waals surface area contributed by atoms with Crippen LogP contribution in [0.3, 0.4) is 0 Å². The van der Waals surface area contributed by atoms with Crippen molar-refractivity contribution in [1.82, 2.24) is 14.9 Å². The van der Waals surface area contributed by atoms with Crippen LogP contribution in [0.1, 0.15) is 39.5 Å². The smallest absolute Gasteiger partial charge is 0.262 e. The Morgan fingerprint density at radius 2 is 2.00 bits per heavy atom. The van der Waals surface area contributed by atoms with Gasteiger partial charge in [0.05, 0.1) is 16.3 Å². The molecule has 6 nitrogen and oxygen atoms in total. The highest BCUT2D eigenvalue weighted by atomic mass is 32.1.